The molecule has 0 aliphatic carbocycles. The van der Waals surface area contributed by atoms with Crippen LogP contribution in [0.2, 0.25) is 0 Å². The summed E-state index contributed by atoms with van der Waals surface area (Å²) in [6, 6.07) is 12.9. The van der Waals surface area contributed by atoms with Crippen LogP contribution >= 0.6 is 0 Å². The van der Waals surface area contributed by atoms with Crippen LogP contribution in [0.25, 0.3) is 0 Å². The van der Waals surface area contributed by atoms with Crippen molar-refractivity contribution in [1.29, 1.82) is 0 Å². The Morgan fingerprint density at radius 1 is 1.36 bits per heavy atom. The Balaban J connectivity index is 0.000000980. The van der Waals surface area contributed by atoms with Crippen molar-refractivity contribution >= 4 is 0 Å². The molecule has 0 saturated carbocycles. The van der Waals surface area contributed by atoms with E-state index in [0.717, 1.165) is 0 Å². The van der Waals surface area contributed by atoms with Gasteiger partial charge in [-0.1, -0.05) is 26.0 Å². The van der Waals surface area contributed by atoms with E-state index in [0.29, 0.717) is 6.04 Å². The molecule has 1 heterocycles. The summed E-state index contributed by atoms with van der Waals surface area (Å²) in [7, 11) is 0. The second kappa shape index (κ2) is 4.93. The van der Waals surface area contributed by atoms with E-state index < -0.39 is 0 Å². The molecule has 2 unspecified atom stereocenters. The van der Waals surface area contributed by atoms with Gasteiger partial charge in [-0.3, -0.25) is 0 Å². The van der Waals surface area contributed by atoms with Crippen LogP contribution in [0.15, 0.2) is 30.3 Å². The SMILES string of the molecule is CCC(C)N1C[C-]1c1ccccc1.[Li+]. The average Bonchev–Trinajstić information content (AvgIpc) is 2.98. The van der Waals surface area contributed by atoms with Gasteiger partial charge < -0.3 is 4.90 Å². The van der Waals surface area contributed by atoms with Crippen LogP contribution in [-0.4, -0.2) is 17.5 Å². The Labute approximate surface area is 98.7 Å². The molecule has 1 aliphatic heterocycles. The molecule has 2 heteroatoms. The number of benzene rings is 1. The summed E-state index contributed by atoms with van der Waals surface area (Å²) in [5.41, 5.74) is 1.39. The Kier molecular flexibility index (Phi) is 4.13. The maximum atomic E-state index is 2.47. The first-order valence-electron chi connectivity index (χ1n) is 5.00. The van der Waals surface area contributed by atoms with Gasteiger partial charge in [0.05, 0.1) is 0 Å². The van der Waals surface area contributed by atoms with Crippen LogP contribution < -0.4 is 18.9 Å². The molecule has 0 spiro atoms. The smallest absolute Gasteiger partial charge is 0.332 e. The monoisotopic (exact) mass is 181 g/mol. The Morgan fingerprint density at radius 3 is 2.57 bits per heavy atom. The molecule has 0 amide bonds. The van der Waals surface area contributed by atoms with Gasteiger partial charge in [-0.15, -0.1) is 12.1 Å². The molecule has 70 valence electrons. The average molecular weight is 181 g/mol. The maximum absolute atomic E-state index is 2.47. The largest absolute Gasteiger partial charge is 1.00 e. The fraction of sp³-hybridized carbons (Fsp3) is 0.417. The van der Waals surface area contributed by atoms with Gasteiger partial charge in [0.15, 0.2) is 0 Å². The number of hydrogen-bond donors (Lipinski definition) is 0. The third-order valence-corrected chi connectivity index (χ3v) is 2.79. The van der Waals surface area contributed by atoms with Crippen molar-refractivity contribution < 1.29 is 18.9 Å². The number of nitrogens with zero attached hydrogens (tertiary/aromatic N) is 1. The molecule has 1 aromatic rings. The second-order valence-electron chi connectivity index (χ2n) is 3.70. The molecule has 2 atom stereocenters. The molecule has 14 heavy (non-hydrogen) atoms. The molecule has 1 aromatic carbocycles. The summed E-state index contributed by atoms with van der Waals surface area (Å²) in [5, 5.41) is 0. The van der Waals surface area contributed by atoms with Gasteiger partial charge in [0.2, 0.25) is 0 Å². The van der Waals surface area contributed by atoms with E-state index in [2.05, 4.69) is 49.1 Å². The van der Waals surface area contributed by atoms with Crippen molar-refractivity contribution in [2.24, 2.45) is 0 Å². The zero-order valence-corrected chi connectivity index (χ0v) is 9.33. The van der Waals surface area contributed by atoms with E-state index in [4.69, 9.17) is 0 Å². The third kappa shape index (κ3) is 2.36. The van der Waals surface area contributed by atoms with Crippen molar-refractivity contribution in [2.75, 3.05) is 6.54 Å². The first kappa shape index (κ1) is 11.7. The van der Waals surface area contributed by atoms with Crippen LogP contribution in [0.4, 0.5) is 0 Å². The minimum atomic E-state index is 0. The quantitative estimate of drug-likeness (QED) is 0.351. The summed E-state index contributed by atoms with van der Waals surface area (Å²) >= 11 is 0. The van der Waals surface area contributed by atoms with Gasteiger partial charge in [-0.25, -0.2) is 0 Å². The number of hydrogen-bond acceptors (Lipinski definition) is 1. The topological polar surface area (TPSA) is 3.01 Å². The normalized spacial score (nSPS) is 21.3. The van der Waals surface area contributed by atoms with E-state index in [-0.39, 0.29) is 18.9 Å². The van der Waals surface area contributed by atoms with Gasteiger partial charge in [-0.2, -0.15) is 17.7 Å². The van der Waals surface area contributed by atoms with E-state index in [1.54, 1.807) is 0 Å². The summed E-state index contributed by atoms with van der Waals surface area (Å²) < 4.78 is 0. The van der Waals surface area contributed by atoms with Gasteiger partial charge in [-0.05, 0) is 19.0 Å². The van der Waals surface area contributed by atoms with Crippen molar-refractivity contribution in [3.05, 3.63) is 41.9 Å². The van der Waals surface area contributed by atoms with Gasteiger partial charge in [0, 0.05) is 0 Å². The van der Waals surface area contributed by atoms with Crippen LogP contribution in [0.3, 0.4) is 0 Å². The fourth-order valence-corrected chi connectivity index (χ4v) is 1.66. The van der Waals surface area contributed by atoms with E-state index >= 15 is 0 Å². The van der Waals surface area contributed by atoms with Gasteiger partial charge >= 0.3 is 18.9 Å². The molecule has 2 rings (SSSR count). The van der Waals surface area contributed by atoms with Crippen molar-refractivity contribution in [3.8, 4) is 0 Å². The Hall–Kier alpha value is -0.353. The fourth-order valence-electron chi connectivity index (χ4n) is 1.66. The predicted molar refractivity (Wildman–Crippen MR) is 55.2 cm³/mol. The first-order valence-corrected chi connectivity index (χ1v) is 5.00. The maximum Gasteiger partial charge on any atom is 1.00 e. The van der Waals surface area contributed by atoms with Crippen LogP contribution in [-0.2, 0) is 0 Å². The molecule has 0 N–H and O–H groups in total. The Morgan fingerprint density at radius 2 is 2.00 bits per heavy atom. The molecule has 1 fully saturated rings. The zero-order chi connectivity index (χ0) is 9.26. The van der Waals surface area contributed by atoms with Crippen LogP contribution in [0.5, 0.6) is 0 Å². The van der Waals surface area contributed by atoms with E-state index in [9.17, 15) is 0 Å². The molecule has 0 bridgehead atoms. The minimum Gasteiger partial charge on any atom is -0.332 e. The third-order valence-electron chi connectivity index (χ3n) is 2.79. The summed E-state index contributed by atoms with van der Waals surface area (Å²) in [4.78, 5) is 2.47. The second-order valence-corrected chi connectivity index (χ2v) is 3.70. The first-order chi connectivity index (χ1) is 6.33. The van der Waals surface area contributed by atoms with Crippen LogP contribution in [0, 0.1) is 6.04 Å². The number of rotatable bonds is 3. The minimum absolute atomic E-state index is 0. The predicted octanol–water partition coefficient (Wildman–Crippen LogP) is -0.315. The van der Waals surface area contributed by atoms with Crippen molar-refractivity contribution in [2.45, 2.75) is 26.3 Å². The summed E-state index contributed by atoms with van der Waals surface area (Å²) in [6.45, 7) is 5.70. The Bertz CT molecular complexity index is 273. The van der Waals surface area contributed by atoms with Crippen molar-refractivity contribution in [1.82, 2.24) is 4.90 Å². The standard InChI is InChI=1S/C12H16N.Li/c1-3-10(2)13-9-12(13)11-7-5-4-6-8-11;/h4-8,10H,3,9H2,1-2H3;/q-1;+1. The van der Waals surface area contributed by atoms with E-state index in [1.807, 2.05) is 0 Å². The van der Waals surface area contributed by atoms with E-state index in [1.165, 1.54) is 24.6 Å². The molecular formula is C12H16LiN. The molecular weight excluding hydrogens is 165 g/mol. The summed E-state index contributed by atoms with van der Waals surface area (Å²) in [6.07, 6.45) is 1.23. The molecule has 1 saturated heterocycles. The van der Waals surface area contributed by atoms with Crippen molar-refractivity contribution in [3.63, 3.8) is 0 Å². The molecule has 0 radical (unpaired) electrons. The van der Waals surface area contributed by atoms with Crippen LogP contribution in [0.1, 0.15) is 25.8 Å². The summed E-state index contributed by atoms with van der Waals surface area (Å²) in [5.74, 6) is 0. The molecule has 1 nitrogen and oxygen atoms in total. The molecule has 0 aromatic heterocycles. The van der Waals surface area contributed by atoms with Gasteiger partial charge in [0.25, 0.3) is 0 Å². The molecule has 1 aliphatic rings. The van der Waals surface area contributed by atoms with Gasteiger partial charge in [0.1, 0.15) is 0 Å². The zero-order valence-electron chi connectivity index (χ0n) is 9.33.